The average molecular weight is 366 g/mol. The van der Waals surface area contributed by atoms with Crippen molar-refractivity contribution >= 4 is 28.7 Å². The minimum Gasteiger partial charge on any atom is -0.340 e. The second kappa shape index (κ2) is 7.54. The van der Waals surface area contributed by atoms with Crippen molar-refractivity contribution in [2.24, 2.45) is 0 Å². The summed E-state index contributed by atoms with van der Waals surface area (Å²) in [4.78, 5) is 22.9. The van der Waals surface area contributed by atoms with Gasteiger partial charge in [0.15, 0.2) is 0 Å². The number of likely N-dealkylation sites (tertiary alicyclic amines) is 1. The van der Waals surface area contributed by atoms with Crippen LogP contribution in [0.15, 0.2) is 48.5 Å². The van der Waals surface area contributed by atoms with Gasteiger partial charge in [0, 0.05) is 12.3 Å². The summed E-state index contributed by atoms with van der Waals surface area (Å²) in [7, 11) is 0. The molecule has 4 rings (SSSR count). The molecule has 4 nitrogen and oxygen atoms in total. The number of carbonyl (C=O) groups is 1. The predicted octanol–water partition coefficient (Wildman–Crippen LogP) is 4.47. The lowest BCUT2D eigenvalue weighted by atomic mass is 10.2. The fourth-order valence-electron chi connectivity index (χ4n) is 3.62. The second-order valence-corrected chi connectivity index (χ2v) is 7.85. The number of aromatic amines is 1. The number of benzene rings is 2. The molecule has 1 amide bonds. The van der Waals surface area contributed by atoms with Crippen molar-refractivity contribution < 1.29 is 4.79 Å². The van der Waals surface area contributed by atoms with Crippen molar-refractivity contribution in [3.8, 4) is 0 Å². The highest BCUT2D eigenvalue weighted by molar-refractivity contribution is 7.99. The van der Waals surface area contributed by atoms with Crippen LogP contribution in [0.1, 0.15) is 35.8 Å². The zero-order valence-electron chi connectivity index (χ0n) is 14.9. The first kappa shape index (κ1) is 17.2. The molecule has 5 heteroatoms. The average Bonchev–Trinajstić information content (AvgIpc) is 3.28. The number of imidazole rings is 1. The maximum Gasteiger partial charge on any atom is 0.233 e. The molecule has 0 spiro atoms. The number of rotatable bonds is 5. The van der Waals surface area contributed by atoms with E-state index in [-0.39, 0.29) is 11.9 Å². The maximum absolute atomic E-state index is 12.8. The molecule has 1 aromatic heterocycles. The van der Waals surface area contributed by atoms with Gasteiger partial charge in [0.25, 0.3) is 0 Å². The van der Waals surface area contributed by atoms with Crippen LogP contribution in [0.3, 0.4) is 0 Å². The number of para-hydroxylation sites is 2. The molecule has 0 radical (unpaired) electrons. The lowest BCUT2D eigenvalue weighted by Gasteiger charge is -2.23. The van der Waals surface area contributed by atoms with Crippen molar-refractivity contribution in [3.05, 3.63) is 65.5 Å². The van der Waals surface area contributed by atoms with Crippen LogP contribution in [0.4, 0.5) is 0 Å². The van der Waals surface area contributed by atoms with Crippen molar-refractivity contribution in [3.63, 3.8) is 0 Å². The molecule has 1 fully saturated rings. The third kappa shape index (κ3) is 3.63. The Kier molecular flexibility index (Phi) is 4.98. The van der Waals surface area contributed by atoms with Gasteiger partial charge >= 0.3 is 0 Å². The van der Waals surface area contributed by atoms with Gasteiger partial charge in [-0.15, -0.1) is 11.8 Å². The number of nitrogens with one attached hydrogen (secondary N) is 1. The van der Waals surface area contributed by atoms with Gasteiger partial charge in [-0.3, -0.25) is 4.79 Å². The molecule has 2 aromatic carbocycles. The predicted molar refractivity (Wildman–Crippen MR) is 107 cm³/mol. The van der Waals surface area contributed by atoms with Crippen molar-refractivity contribution in [1.82, 2.24) is 14.9 Å². The molecule has 0 bridgehead atoms. The fraction of sp³-hybridized carbons (Fsp3) is 0.333. The molecule has 0 saturated carbocycles. The molecule has 3 aromatic rings. The molecule has 134 valence electrons. The van der Waals surface area contributed by atoms with E-state index in [1.54, 1.807) is 11.8 Å². The highest BCUT2D eigenvalue weighted by atomic mass is 32.2. The highest BCUT2D eigenvalue weighted by Gasteiger charge is 2.31. The van der Waals surface area contributed by atoms with Crippen LogP contribution < -0.4 is 0 Å². The molecule has 1 atom stereocenters. The Morgan fingerprint density at radius 2 is 2.15 bits per heavy atom. The summed E-state index contributed by atoms with van der Waals surface area (Å²) >= 11 is 1.69. The van der Waals surface area contributed by atoms with Crippen LogP contribution in [-0.2, 0) is 10.5 Å². The fourth-order valence-corrected chi connectivity index (χ4v) is 4.48. The van der Waals surface area contributed by atoms with E-state index in [0.717, 1.165) is 42.0 Å². The first-order valence-electron chi connectivity index (χ1n) is 9.08. The zero-order valence-corrected chi connectivity index (χ0v) is 15.8. The van der Waals surface area contributed by atoms with Crippen LogP contribution >= 0.6 is 11.8 Å². The standard InChI is InChI=1S/C21H23N3OS/c1-15-6-4-7-16(12-15)13-26-14-20(25)24-11-5-10-19(24)21-22-17-8-2-3-9-18(17)23-21/h2-4,6-9,12,19H,5,10-11,13-14H2,1H3,(H,22,23). The van der Waals surface area contributed by atoms with Crippen molar-refractivity contribution in [1.29, 1.82) is 0 Å². The lowest BCUT2D eigenvalue weighted by Crippen LogP contribution is -2.32. The Bertz CT molecular complexity index is 887. The van der Waals surface area contributed by atoms with Gasteiger partial charge in [-0.25, -0.2) is 4.98 Å². The summed E-state index contributed by atoms with van der Waals surface area (Å²) in [5.41, 5.74) is 4.54. The molecule has 0 aliphatic carbocycles. The van der Waals surface area contributed by atoms with E-state index in [0.29, 0.717) is 5.75 Å². The first-order valence-corrected chi connectivity index (χ1v) is 10.2. The second-order valence-electron chi connectivity index (χ2n) is 6.87. The smallest absolute Gasteiger partial charge is 0.233 e. The molecular weight excluding hydrogens is 342 g/mol. The Labute approximate surface area is 158 Å². The van der Waals surface area contributed by atoms with E-state index in [1.165, 1.54) is 11.1 Å². The monoisotopic (exact) mass is 365 g/mol. The Hall–Kier alpha value is -2.27. The van der Waals surface area contributed by atoms with Crippen molar-refractivity contribution in [2.45, 2.75) is 31.6 Å². The number of aromatic nitrogens is 2. The van der Waals surface area contributed by atoms with Gasteiger partial charge in [-0.1, -0.05) is 42.0 Å². The largest absolute Gasteiger partial charge is 0.340 e. The topological polar surface area (TPSA) is 49.0 Å². The van der Waals surface area contributed by atoms with Crippen LogP contribution in [0.2, 0.25) is 0 Å². The van der Waals surface area contributed by atoms with Gasteiger partial charge in [-0.05, 0) is 37.5 Å². The van der Waals surface area contributed by atoms with Crippen LogP contribution in [0, 0.1) is 6.92 Å². The molecular formula is C21H23N3OS. The number of hydrogen-bond acceptors (Lipinski definition) is 3. The Morgan fingerprint density at radius 1 is 1.27 bits per heavy atom. The Balaban J connectivity index is 1.40. The number of H-pyrrole nitrogens is 1. The summed E-state index contributed by atoms with van der Waals surface area (Å²) < 4.78 is 0. The highest BCUT2D eigenvalue weighted by Crippen LogP contribution is 2.32. The zero-order chi connectivity index (χ0) is 17.9. The van der Waals surface area contributed by atoms with Gasteiger partial charge < -0.3 is 9.88 Å². The molecule has 1 aliphatic heterocycles. The number of amides is 1. The summed E-state index contributed by atoms with van der Waals surface area (Å²) in [5, 5.41) is 0. The van der Waals surface area contributed by atoms with Gasteiger partial charge in [0.1, 0.15) is 5.82 Å². The van der Waals surface area contributed by atoms with Gasteiger partial charge in [0.2, 0.25) is 5.91 Å². The van der Waals surface area contributed by atoms with E-state index in [4.69, 9.17) is 4.98 Å². The maximum atomic E-state index is 12.8. The van der Waals surface area contributed by atoms with E-state index < -0.39 is 0 Å². The molecule has 1 N–H and O–H groups in total. The normalized spacial score (nSPS) is 17.1. The summed E-state index contributed by atoms with van der Waals surface area (Å²) in [6, 6.07) is 16.6. The van der Waals surface area contributed by atoms with Gasteiger partial charge in [-0.2, -0.15) is 0 Å². The molecule has 1 saturated heterocycles. The molecule has 2 heterocycles. The number of aryl methyl sites for hydroxylation is 1. The SMILES string of the molecule is Cc1cccc(CSCC(=O)N2CCCC2c2nc3ccccc3[nH]2)c1. The number of hydrogen-bond donors (Lipinski definition) is 1. The minimum atomic E-state index is 0.0782. The molecule has 1 aliphatic rings. The summed E-state index contributed by atoms with van der Waals surface area (Å²) in [5.74, 6) is 2.52. The van der Waals surface area contributed by atoms with Gasteiger partial charge in [0.05, 0.1) is 22.8 Å². The summed E-state index contributed by atoms with van der Waals surface area (Å²) in [6.07, 6.45) is 2.02. The molecule has 26 heavy (non-hydrogen) atoms. The number of carbonyl (C=O) groups excluding carboxylic acids is 1. The number of fused-ring (bicyclic) bond motifs is 1. The van der Waals surface area contributed by atoms with Crippen LogP contribution in [0.25, 0.3) is 11.0 Å². The number of nitrogens with zero attached hydrogens (tertiary/aromatic N) is 2. The van der Waals surface area contributed by atoms with E-state index in [1.807, 2.05) is 29.2 Å². The van der Waals surface area contributed by atoms with Crippen LogP contribution in [0.5, 0.6) is 0 Å². The third-order valence-electron chi connectivity index (χ3n) is 4.87. The molecule has 1 unspecified atom stereocenters. The third-order valence-corrected chi connectivity index (χ3v) is 5.86. The number of thioether (sulfide) groups is 1. The Morgan fingerprint density at radius 3 is 3.00 bits per heavy atom. The van der Waals surface area contributed by atoms with E-state index in [9.17, 15) is 4.79 Å². The summed E-state index contributed by atoms with van der Waals surface area (Å²) in [6.45, 7) is 2.92. The lowest BCUT2D eigenvalue weighted by molar-refractivity contribution is -0.129. The minimum absolute atomic E-state index is 0.0782. The van der Waals surface area contributed by atoms with Crippen molar-refractivity contribution in [2.75, 3.05) is 12.3 Å². The van der Waals surface area contributed by atoms with E-state index in [2.05, 4.69) is 36.2 Å². The first-order chi connectivity index (χ1) is 12.7. The quantitative estimate of drug-likeness (QED) is 0.726. The van der Waals surface area contributed by atoms with E-state index >= 15 is 0 Å². The van der Waals surface area contributed by atoms with Crippen LogP contribution in [-0.4, -0.2) is 33.1 Å².